The Bertz CT molecular complexity index is 2220. The molecule has 0 radical (unpaired) electrons. The second-order valence-electron chi connectivity index (χ2n) is 9.45. The van der Waals surface area contributed by atoms with Gasteiger partial charge >= 0.3 is 0 Å². The predicted octanol–water partition coefficient (Wildman–Crippen LogP) is 6.70. The van der Waals surface area contributed by atoms with Crippen molar-refractivity contribution >= 4 is 71.0 Å². The summed E-state index contributed by atoms with van der Waals surface area (Å²) < 4.78 is 65.7. The van der Waals surface area contributed by atoms with Crippen molar-refractivity contribution in [3.63, 3.8) is 0 Å². The molecular weight excluding hydrogens is 624 g/mol. The first-order chi connectivity index (χ1) is 21.3. The van der Waals surface area contributed by atoms with Gasteiger partial charge in [0, 0.05) is 22.3 Å². The van der Waals surface area contributed by atoms with Gasteiger partial charge < -0.3 is 16.2 Å². The summed E-state index contributed by atoms with van der Waals surface area (Å²) >= 11 is 0. The van der Waals surface area contributed by atoms with Crippen LogP contribution in [0, 0.1) is 0 Å². The number of fused-ring (bicyclic) bond motifs is 1. The summed E-state index contributed by atoms with van der Waals surface area (Å²) in [4.78, 5) is 11.6. The number of hydrogen-bond donors (Lipinski definition) is 5. The smallest absolute Gasteiger partial charge is 0.296 e. The Morgan fingerprint density at radius 3 is 1.82 bits per heavy atom. The zero-order valence-corrected chi connectivity index (χ0v) is 24.4. The van der Waals surface area contributed by atoms with Gasteiger partial charge in [-0.15, -0.1) is 5.11 Å². The minimum absolute atomic E-state index is 0.179. The van der Waals surface area contributed by atoms with Crippen molar-refractivity contribution in [3.8, 4) is 5.75 Å². The molecule has 0 aliphatic heterocycles. The fourth-order valence-electron chi connectivity index (χ4n) is 4.10. The summed E-state index contributed by atoms with van der Waals surface area (Å²) in [5.74, 6) is -1.03. The number of azo groups is 2. The van der Waals surface area contributed by atoms with E-state index in [-0.39, 0.29) is 27.0 Å². The molecule has 0 saturated carbocycles. The maximum Gasteiger partial charge on any atom is 0.296 e. The van der Waals surface area contributed by atoms with Crippen LogP contribution in [0.2, 0.25) is 0 Å². The number of amides is 1. The van der Waals surface area contributed by atoms with Crippen LogP contribution in [-0.4, -0.2) is 37.0 Å². The average molecular weight is 647 g/mol. The highest BCUT2D eigenvalue weighted by Crippen LogP contribution is 2.42. The molecule has 45 heavy (non-hydrogen) atoms. The van der Waals surface area contributed by atoms with Crippen molar-refractivity contribution in [1.29, 1.82) is 0 Å². The topological polar surface area (TPSA) is 234 Å². The number of phenolic OH excluding ortho intramolecular Hbond substituents is 1. The Kier molecular flexibility index (Phi) is 8.38. The first kappa shape index (κ1) is 30.9. The largest absolute Gasteiger partial charge is 0.505 e. The van der Waals surface area contributed by atoms with Gasteiger partial charge in [-0.2, -0.15) is 32.2 Å². The molecule has 0 atom stereocenters. The number of nitrogen functional groups attached to an aromatic ring is 1. The van der Waals surface area contributed by atoms with Gasteiger partial charge in [0.2, 0.25) is 0 Å². The molecule has 0 aliphatic carbocycles. The van der Waals surface area contributed by atoms with Gasteiger partial charge in [-0.05, 0) is 96.4 Å². The Morgan fingerprint density at radius 2 is 1.27 bits per heavy atom. The lowest BCUT2D eigenvalue weighted by molar-refractivity contribution is 0.102. The highest BCUT2D eigenvalue weighted by molar-refractivity contribution is 7.86. The maximum absolute atomic E-state index is 12.6. The van der Waals surface area contributed by atoms with Crippen LogP contribution in [0.3, 0.4) is 0 Å². The van der Waals surface area contributed by atoms with Crippen molar-refractivity contribution < 1.29 is 35.8 Å². The van der Waals surface area contributed by atoms with Crippen molar-refractivity contribution in [2.75, 3.05) is 11.1 Å². The molecule has 0 bridgehead atoms. The van der Waals surface area contributed by atoms with Gasteiger partial charge in [0.1, 0.15) is 10.6 Å². The first-order valence-corrected chi connectivity index (χ1v) is 15.6. The number of phenols is 1. The van der Waals surface area contributed by atoms with E-state index in [1.807, 2.05) is 0 Å². The lowest BCUT2D eigenvalue weighted by Gasteiger charge is -2.11. The van der Waals surface area contributed by atoms with Crippen LogP contribution in [0.15, 0.2) is 127 Å². The van der Waals surface area contributed by atoms with Crippen molar-refractivity contribution in [3.05, 3.63) is 103 Å². The van der Waals surface area contributed by atoms with E-state index >= 15 is 0 Å². The summed E-state index contributed by atoms with van der Waals surface area (Å²) in [6, 6.07) is 22.9. The fourth-order valence-corrected chi connectivity index (χ4v) is 5.24. The second-order valence-corrected chi connectivity index (χ2v) is 12.3. The second kappa shape index (κ2) is 12.2. The fraction of sp³-hybridized carbons (Fsp3) is 0. The summed E-state index contributed by atoms with van der Waals surface area (Å²) in [6.45, 7) is 0. The van der Waals surface area contributed by atoms with Gasteiger partial charge in [0.15, 0.2) is 5.75 Å². The van der Waals surface area contributed by atoms with E-state index < -0.39 is 42.5 Å². The highest BCUT2D eigenvalue weighted by Gasteiger charge is 2.22. The number of nitrogens with one attached hydrogen (secondary N) is 1. The van der Waals surface area contributed by atoms with Gasteiger partial charge in [-0.25, -0.2) is 0 Å². The SMILES string of the molecule is Nc1cccc(C(=O)Nc2ccc3c(O)c(N=Nc4ccc(N=Nc5ccc(S(=O)(=O)O)cc5)cc4)c(S(=O)(=O)O)cc3c2)c1. The minimum Gasteiger partial charge on any atom is -0.505 e. The van der Waals surface area contributed by atoms with Gasteiger partial charge in [0.05, 0.1) is 22.0 Å². The molecule has 0 aliphatic rings. The van der Waals surface area contributed by atoms with E-state index in [9.17, 15) is 31.3 Å². The molecule has 0 aromatic heterocycles. The number of nitrogens with zero attached hydrogens (tertiary/aromatic N) is 4. The van der Waals surface area contributed by atoms with E-state index in [4.69, 9.17) is 10.3 Å². The average Bonchev–Trinajstić information content (AvgIpc) is 2.99. The molecule has 0 saturated heterocycles. The van der Waals surface area contributed by atoms with Crippen molar-refractivity contribution in [2.45, 2.75) is 9.79 Å². The molecule has 5 aromatic carbocycles. The molecule has 0 heterocycles. The third-order valence-electron chi connectivity index (χ3n) is 6.27. The Hall–Kier alpha value is -5.55. The number of aromatic hydroxyl groups is 1. The molecule has 14 nitrogen and oxygen atoms in total. The summed E-state index contributed by atoms with van der Waals surface area (Å²) in [6.07, 6.45) is 0. The number of anilines is 2. The van der Waals surface area contributed by atoms with E-state index in [0.29, 0.717) is 22.6 Å². The van der Waals surface area contributed by atoms with Crippen LogP contribution >= 0.6 is 0 Å². The zero-order valence-electron chi connectivity index (χ0n) is 22.8. The van der Waals surface area contributed by atoms with Crippen LogP contribution in [0.5, 0.6) is 5.75 Å². The summed E-state index contributed by atoms with van der Waals surface area (Å²) in [5.41, 5.74) is 7.18. The maximum atomic E-state index is 12.6. The summed E-state index contributed by atoms with van der Waals surface area (Å²) in [7, 11) is -9.21. The quantitative estimate of drug-likeness (QED) is 0.0684. The standard InChI is InChI=1S/C29H22N6O8S2/c30-19-3-1-2-17(14-19)29(37)31-23-10-13-25-18(15-23)16-26(45(41,42)43)27(28(25)36)35-34-21-6-4-20(5-7-21)32-33-22-8-11-24(12-9-22)44(38,39)40/h1-16,36H,30H2,(H,31,37)(H,38,39,40)(H,41,42,43). The molecule has 228 valence electrons. The lowest BCUT2D eigenvalue weighted by Crippen LogP contribution is -2.12. The molecule has 6 N–H and O–H groups in total. The molecule has 0 spiro atoms. The molecule has 1 amide bonds. The van der Waals surface area contributed by atoms with Gasteiger partial charge in [-0.1, -0.05) is 6.07 Å². The number of hydrogen-bond acceptors (Lipinski definition) is 11. The Balaban J connectivity index is 1.39. The van der Waals surface area contributed by atoms with Crippen molar-refractivity contribution in [2.24, 2.45) is 20.5 Å². The lowest BCUT2D eigenvalue weighted by atomic mass is 10.1. The van der Waals surface area contributed by atoms with Crippen LogP contribution in [-0.2, 0) is 20.2 Å². The molecule has 5 rings (SSSR count). The normalized spacial score (nSPS) is 12.2. The molecule has 5 aromatic rings. The molecule has 0 unspecified atom stereocenters. The first-order valence-electron chi connectivity index (χ1n) is 12.7. The van der Waals surface area contributed by atoms with Gasteiger partial charge in [0.25, 0.3) is 26.1 Å². The predicted molar refractivity (Wildman–Crippen MR) is 165 cm³/mol. The summed E-state index contributed by atoms with van der Waals surface area (Å²) in [5, 5.41) is 29.8. The molecule has 16 heteroatoms. The minimum atomic E-state index is -4.88. The number of carbonyl (C=O) groups excluding carboxylic acids is 1. The Labute approximate surface area is 256 Å². The van der Waals surface area contributed by atoms with E-state index in [2.05, 4.69) is 25.8 Å². The third-order valence-corrected chi connectivity index (χ3v) is 8.00. The van der Waals surface area contributed by atoms with Gasteiger partial charge in [-0.3, -0.25) is 13.9 Å². The van der Waals surface area contributed by atoms with Crippen LogP contribution < -0.4 is 11.1 Å². The van der Waals surface area contributed by atoms with Crippen LogP contribution in [0.4, 0.5) is 34.1 Å². The number of nitrogens with two attached hydrogens (primary N) is 1. The van der Waals surface area contributed by atoms with E-state index in [1.165, 1.54) is 72.8 Å². The molecular formula is C29H22N6O8S2. The highest BCUT2D eigenvalue weighted by atomic mass is 32.2. The zero-order chi connectivity index (χ0) is 32.4. The monoisotopic (exact) mass is 646 g/mol. The van der Waals surface area contributed by atoms with Crippen LogP contribution in [0.1, 0.15) is 10.4 Å². The number of rotatable bonds is 8. The van der Waals surface area contributed by atoms with Crippen molar-refractivity contribution in [1.82, 2.24) is 0 Å². The Morgan fingerprint density at radius 1 is 0.689 bits per heavy atom. The van der Waals surface area contributed by atoms with E-state index in [0.717, 1.165) is 6.07 Å². The van der Waals surface area contributed by atoms with E-state index in [1.54, 1.807) is 18.2 Å². The number of benzene rings is 5. The number of carbonyl (C=O) groups is 1. The van der Waals surface area contributed by atoms with Crippen LogP contribution in [0.25, 0.3) is 10.8 Å². The molecule has 0 fully saturated rings. The third kappa shape index (κ3) is 7.34.